The fourth-order valence-electron chi connectivity index (χ4n) is 2.42. The van der Waals surface area contributed by atoms with E-state index in [9.17, 15) is 4.79 Å². The van der Waals surface area contributed by atoms with Crippen LogP contribution in [0.25, 0.3) is 0 Å². The topological polar surface area (TPSA) is 59.9 Å². The summed E-state index contributed by atoms with van der Waals surface area (Å²) in [6.07, 6.45) is 1.56. The summed E-state index contributed by atoms with van der Waals surface area (Å²) in [5.41, 5.74) is 5.60. The Labute approximate surface area is 174 Å². The molecule has 0 saturated heterocycles. The Balaban J connectivity index is 1.42. The summed E-state index contributed by atoms with van der Waals surface area (Å²) in [7, 11) is 0. The van der Waals surface area contributed by atoms with Crippen molar-refractivity contribution in [3.63, 3.8) is 0 Å². The molecular weight excluding hydrogens is 388 g/mol. The average molecular weight is 409 g/mol. The lowest BCUT2D eigenvalue weighted by Crippen LogP contribution is -2.24. The van der Waals surface area contributed by atoms with Crippen LogP contribution in [0.4, 0.5) is 0 Å². The van der Waals surface area contributed by atoms with Gasteiger partial charge in [0.05, 0.1) is 6.21 Å². The summed E-state index contributed by atoms with van der Waals surface area (Å²) in [6, 6.07) is 22.5. The summed E-state index contributed by atoms with van der Waals surface area (Å²) in [5.74, 6) is 0.929. The Morgan fingerprint density at radius 1 is 1.00 bits per heavy atom. The van der Waals surface area contributed by atoms with Crippen molar-refractivity contribution >= 4 is 23.7 Å². The van der Waals surface area contributed by atoms with Crippen molar-refractivity contribution in [1.82, 2.24) is 5.43 Å². The number of aryl methyl sites for hydroxylation is 1. The lowest BCUT2D eigenvalue weighted by molar-refractivity contribution is -0.123. The third-order valence-electron chi connectivity index (χ3n) is 3.98. The molecule has 1 amide bonds. The summed E-state index contributed by atoms with van der Waals surface area (Å²) >= 11 is 5.87. The zero-order valence-electron chi connectivity index (χ0n) is 16.0. The van der Waals surface area contributed by atoms with Gasteiger partial charge in [0, 0.05) is 5.02 Å². The normalized spacial score (nSPS) is 10.7. The Kier molecular flexibility index (Phi) is 7.25. The molecule has 0 unspecified atom stereocenters. The predicted octanol–water partition coefficient (Wildman–Crippen LogP) is 4.76. The molecule has 148 valence electrons. The Hall–Kier alpha value is -3.31. The summed E-state index contributed by atoms with van der Waals surface area (Å²) in [4.78, 5) is 11.8. The molecule has 0 aromatic heterocycles. The smallest absolute Gasteiger partial charge is 0.277 e. The fourth-order valence-corrected chi connectivity index (χ4v) is 2.60. The standard InChI is InChI=1S/C23H21ClN2O3/c1-17-5-7-19(8-6-17)15-28-21-11-9-18(10-12-21)14-25-26-23(27)16-29-22-4-2-3-20(24)13-22/h2-14H,15-16H2,1H3,(H,26,27)/b25-14-. The summed E-state index contributed by atoms with van der Waals surface area (Å²) in [6.45, 7) is 2.42. The van der Waals surface area contributed by atoms with E-state index in [2.05, 4.69) is 41.7 Å². The van der Waals surface area contributed by atoms with E-state index in [-0.39, 0.29) is 12.5 Å². The van der Waals surface area contributed by atoms with Crippen LogP contribution in [0.5, 0.6) is 11.5 Å². The van der Waals surface area contributed by atoms with Gasteiger partial charge in [0.2, 0.25) is 0 Å². The number of hydrogen-bond acceptors (Lipinski definition) is 4. The van der Waals surface area contributed by atoms with Crippen LogP contribution >= 0.6 is 11.6 Å². The highest BCUT2D eigenvalue weighted by Gasteiger charge is 2.02. The second-order valence-electron chi connectivity index (χ2n) is 6.38. The average Bonchev–Trinajstić information content (AvgIpc) is 2.73. The molecule has 0 fully saturated rings. The Morgan fingerprint density at radius 2 is 1.76 bits per heavy atom. The molecular formula is C23H21ClN2O3. The lowest BCUT2D eigenvalue weighted by atomic mass is 10.2. The minimum Gasteiger partial charge on any atom is -0.489 e. The van der Waals surface area contributed by atoms with E-state index in [0.29, 0.717) is 17.4 Å². The zero-order chi connectivity index (χ0) is 20.5. The minimum atomic E-state index is -0.362. The van der Waals surface area contributed by atoms with Crippen LogP contribution in [-0.4, -0.2) is 18.7 Å². The van der Waals surface area contributed by atoms with Crippen LogP contribution in [0.15, 0.2) is 77.9 Å². The number of halogens is 1. The first-order chi connectivity index (χ1) is 14.1. The van der Waals surface area contributed by atoms with Crippen molar-refractivity contribution < 1.29 is 14.3 Å². The van der Waals surface area contributed by atoms with Gasteiger partial charge in [-0.25, -0.2) is 5.43 Å². The molecule has 0 aliphatic heterocycles. The third-order valence-corrected chi connectivity index (χ3v) is 4.21. The van der Waals surface area contributed by atoms with Crippen LogP contribution in [-0.2, 0) is 11.4 Å². The largest absolute Gasteiger partial charge is 0.489 e. The molecule has 3 rings (SSSR count). The van der Waals surface area contributed by atoms with Gasteiger partial charge in [0.15, 0.2) is 6.61 Å². The molecule has 0 bridgehead atoms. The molecule has 5 nitrogen and oxygen atoms in total. The summed E-state index contributed by atoms with van der Waals surface area (Å²) in [5, 5.41) is 4.48. The highest BCUT2D eigenvalue weighted by molar-refractivity contribution is 6.30. The van der Waals surface area contributed by atoms with Crippen molar-refractivity contribution in [3.8, 4) is 11.5 Å². The van der Waals surface area contributed by atoms with E-state index in [1.165, 1.54) is 5.56 Å². The number of amides is 1. The van der Waals surface area contributed by atoms with Gasteiger partial charge in [-0.15, -0.1) is 0 Å². The number of benzene rings is 3. The zero-order valence-corrected chi connectivity index (χ0v) is 16.7. The monoisotopic (exact) mass is 408 g/mol. The van der Waals surface area contributed by atoms with Gasteiger partial charge < -0.3 is 9.47 Å². The quantitative estimate of drug-likeness (QED) is 0.432. The van der Waals surface area contributed by atoms with E-state index >= 15 is 0 Å². The number of nitrogens with one attached hydrogen (secondary N) is 1. The van der Waals surface area contributed by atoms with Gasteiger partial charge in [0.25, 0.3) is 5.91 Å². The third kappa shape index (κ3) is 6.97. The maximum atomic E-state index is 11.8. The second kappa shape index (κ2) is 10.3. The van der Waals surface area contributed by atoms with E-state index in [0.717, 1.165) is 16.9 Å². The molecule has 0 aliphatic carbocycles. The maximum absolute atomic E-state index is 11.8. The summed E-state index contributed by atoms with van der Waals surface area (Å²) < 4.78 is 11.1. The first kappa shape index (κ1) is 20.4. The first-order valence-corrected chi connectivity index (χ1v) is 9.45. The van der Waals surface area contributed by atoms with Gasteiger partial charge >= 0.3 is 0 Å². The number of hydrazone groups is 1. The van der Waals surface area contributed by atoms with Crippen molar-refractivity contribution in [2.24, 2.45) is 5.10 Å². The highest BCUT2D eigenvalue weighted by Crippen LogP contribution is 2.17. The number of hydrogen-bond donors (Lipinski definition) is 1. The molecule has 0 aliphatic rings. The van der Waals surface area contributed by atoms with E-state index < -0.39 is 0 Å². The van der Waals surface area contributed by atoms with E-state index in [4.69, 9.17) is 21.1 Å². The van der Waals surface area contributed by atoms with Gasteiger partial charge in [0.1, 0.15) is 18.1 Å². The highest BCUT2D eigenvalue weighted by atomic mass is 35.5. The van der Waals surface area contributed by atoms with Gasteiger partial charge in [-0.05, 0) is 60.5 Å². The van der Waals surface area contributed by atoms with Gasteiger partial charge in [-0.1, -0.05) is 47.5 Å². The van der Waals surface area contributed by atoms with Crippen LogP contribution in [0.2, 0.25) is 5.02 Å². The molecule has 0 spiro atoms. The molecule has 0 heterocycles. The first-order valence-electron chi connectivity index (χ1n) is 9.07. The molecule has 0 radical (unpaired) electrons. The van der Waals surface area contributed by atoms with Crippen molar-refractivity contribution in [2.75, 3.05) is 6.61 Å². The molecule has 29 heavy (non-hydrogen) atoms. The Bertz CT molecular complexity index is 970. The maximum Gasteiger partial charge on any atom is 0.277 e. The van der Waals surface area contributed by atoms with Gasteiger partial charge in [-0.3, -0.25) is 4.79 Å². The van der Waals surface area contributed by atoms with Gasteiger partial charge in [-0.2, -0.15) is 5.10 Å². The molecule has 6 heteroatoms. The molecule has 1 N–H and O–H groups in total. The molecule has 0 saturated carbocycles. The van der Waals surface area contributed by atoms with Crippen molar-refractivity contribution in [2.45, 2.75) is 13.5 Å². The second-order valence-corrected chi connectivity index (χ2v) is 6.82. The van der Waals surface area contributed by atoms with Crippen molar-refractivity contribution in [3.05, 3.63) is 94.5 Å². The predicted molar refractivity (Wildman–Crippen MR) is 115 cm³/mol. The van der Waals surface area contributed by atoms with Crippen LogP contribution in [0.3, 0.4) is 0 Å². The lowest BCUT2D eigenvalue weighted by Gasteiger charge is -2.07. The number of rotatable bonds is 8. The number of carbonyl (C=O) groups excluding carboxylic acids is 1. The number of nitrogens with zero attached hydrogens (tertiary/aromatic N) is 1. The van der Waals surface area contributed by atoms with E-state index in [1.54, 1.807) is 30.5 Å². The van der Waals surface area contributed by atoms with Crippen molar-refractivity contribution in [1.29, 1.82) is 0 Å². The number of carbonyl (C=O) groups is 1. The molecule has 3 aromatic rings. The molecule has 3 aromatic carbocycles. The molecule has 0 atom stereocenters. The van der Waals surface area contributed by atoms with Crippen LogP contribution in [0, 0.1) is 6.92 Å². The SMILES string of the molecule is Cc1ccc(COc2ccc(/C=N\NC(=O)COc3cccc(Cl)c3)cc2)cc1. The number of ether oxygens (including phenoxy) is 2. The van der Waals surface area contributed by atoms with Crippen LogP contribution in [0.1, 0.15) is 16.7 Å². The Morgan fingerprint density at radius 3 is 2.48 bits per heavy atom. The van der Waals surface area contributed by atoms with Crippen LogP contribution < -0.4 is 14.9 Å². The van der Waals surface area contributed by atoms with E-state index in [1.807, 2.05) is 24.3 Å². The minimum absolute atomic E-state index is 0.149. The fraction of sp³-hybridized carbons (Fsp3) is 0.130.